The molecule has 0 radical (unpaired) electrons. The zero-order valence-corrected chi connectivity index (χ0v) is 18.1. The van der Waals surface area contributed by atoms with Gasteiger partial charge in [-0.15, -0.1) is 0 Å². The van der Waals surface area contributed by atoms with Gasteiger partial charge in [0, 0.05) is 6.07 Å². The minimum atomic E-state index is -0.499. The average molecular weight is 553 g/mol. The summed E-state index contributed by atoms with van der Waals surface area (Å²) in [6, 6.07) is 16.7. The Morgan fingerprint density at radius 2 is 2.04 bits per heavy atom. The molecular formula is C19H14BrIN4O3. The van der Waals surface area contributed by atoms with Crippen molar-refractivity contribution in [2.45, 2.75) is 6.61 Å². The molecular weight excluding hydrogens is 539 g/mol. The molecule has 2 aromatic carbocycles. The van der Waals surface area contributed by atoms with E-state index in [-0.39, 0.29) is 5.69 Å². The second kappa shape index (κ2) is 9.60. The third-order valence-corrected chi connectivity index (χ3v) is 4.99. The van der Waals surface area contributed by atoms with Crippen LogP contribution in [-0.4, -0.2) is 16.1 Å². The van der Waals surface area contributed by atoms with Crippen LogP contribution < -0.4 is 10.2 Å². The van der Waals surface area contributed by atoms with Crippen molar-refractivity contribution < 1.29 is 9.66 Å². The number of pyridine rings is 1. The van der Waals surface area contributed by atoms with Crippen LogP contribution in [0.4, 0.5) is 11.5 Å². The highest BCUT2D eigenvalue weighted by atomic mass is 127. The molecule has 142 valence electrons. The first-order valence-electron chi connectivity index (χ1n) is 8.08. The Balaban J connectivity index is 1.64. The van der Waals surface area contributed by atoms with Crippen molar-refractivity contribution in [3.8, 4) is 5.75 Å². The Labute approximate surface area is 183 Å². The highest BCUT2D eigenvalue weighted by molar-refractivity contribution is 14.1. The molecule has 0 aliphatic heterocycles. The second-order valence-electron chi connectivity index (χ2n) is 5.62. The van der Waals surface area contributed by atoms with Crippen LogP contribution in [0.25, 0.3) is 0 Å². The zero-order valence-electron chi connectivity index (χ0n) is 14.4. The highest BCUT2D eigenvalue weighted by Gasteiger charge is 2.09. The number of hydrazone groups is 1. The van der Waals surface area contributed by atoms with Gasteiger partial charge in [-0.1, -0.05) is 30.3 Å². The molecule has 0 unspecified atom stereocenters. The van der Waals surface area contributed by atoms with Crippen LogP contribution in [0.15, 0.2) is 70.4 Å². The summed E-state index contributed by atoms with van der Waals surface area (Å²) in [5, 5.41) is 14.7. The van der Waals surface area contributed by atoms with Gasteiger partial charge in [0.2, 0.25) is 0 Å². The van der Waals surface area contributed by atoms with Gasteiger partial charge in [-0.25, -0.2) is 4.98 Å². The number of nitrogens with zero attached hydrogens (tertiary/aromatic N) is 3. The van der Waals surface area contributed by atoms with E-state index < -0.39 is 4.92 Å². The summed E-state index contributed by atoms with van der Waals surface area (Å²) >= 11 is 5.76. The Morgan fingerprint density at radius 3 is 2.68 bits per heavy atom. The number of hydrogen-bond donors (Lipinski definition) is 1. The van der Waals surface area contributed by atoms with E-state index in [9.17, 15) is 10.1 Å². The Morgan fingerprint density at radius 1 is 1.25 bits per heavy atom. The van der Waals surface area contributed by atoms with Crippen LogP contribution in [0, 0.1) is 13.7 Å². The molecule has 0 aliphatic rings. The monoisotopic (exact) mass is 552 g/mol. The summed E-state index contributed by atoms with van der Waals surface area (Å²) in [6.07, 6.45) is 2.81. The molecule has 3 aromatic rings. The van der Waals surface area contributed by atoms with Crippen LogP contribution in [0.3, 0.4) is 0 Å². The predicted octanol–water partition coefficient (Wildman–Crippen LogP) is 5.38. The number of hydrogen-bond acceptors (Lipinski definition) is 6. The molecule has 1 aromatic heterocycles. The summed E-state index contributed by atoms with van der Waals surface area (Å²) in [5.41, 5.74) is 4.63. The maximum atomic E-state index is 10.6. The van der Waals surface area contributed by atoms with E-state index in [2.05, 4.69) is 54.0 Å². The van der Waals surface area contributed by atoms with E-state index in [4.69, 9.17) is 4.74 Å². The summed E-state index contributed by atoms with van der Waals surface area (Å²) < 4.78 is 7.70. The highest BCUT2D eigenvalue weighted by Crippen LogP contribution is 2.32. The first-order chi connectivity index (χ1) is 13.5. The Hall–Kier alpha value is -2.53. The summed E-state index contributed by atoms with van der Waals surface area (Å²) in [6.45, 7) is 0.482. The molecule has 1 N–H and O–H groups in total. The number of nitro groups is 1. The molecule has 9 heteroatoms. The van der Waals surface area contributed by atoms with Crippen LogP contribution in [0.1, 0.15) is 11.1 Å². The van der Waals surface area contributed by atoms with Crippen LogP contribution in [0.2, 0.25) is 0 Å². The van der Waals surface area contributed by atoms with E-state index in [0.29, 0.717) is 12.4 Å². The van der Waals surface area contributed by atoms with Crippen LogP contribution in [-0.2, 0) is 6.61 Å². The number of aromatic nitrogens is 1. The van der Waals surface area contributed by atoms with Gasteiger partial charge in [0.05, 0.1) is 19.2 Å². The standard InChI is InChI=1S/C19H14BrIN4O3/c20-16-8-14(10-23-24-18-7-6-15(11-22-18)25(26)27)9-17(21)19(16)28-12-13-4-2-1-3-5-13/h1-11H,12H2,(H,22,24). The molecule has 0 bridgehead atoms. The summed E-state index contributed by atoms with van der Waals surface area (Å²) in [5.74, 6) is 1.19. The van der Waals surface area contributed by atoms with Gasteiger partial charge in [0.1, 0.15) is 24.4 Å². The SMILES string of the molecule is O=[N+]([O-])c1ccc(NN=Cc2cc(Br)c(OCc3ccccc3)c(I)c2)nc1. The maximum absolute atomic E-state index is 10.6. The van der Waals surface area contributed by atoms with Crippen LogP contribution in [0.5, 0.6) is 5.75 Å². The lowest BCUT2D eigenvalue weighted by Gasteiger charge is -2.11. The van der Waals surface area contributed by atoms with E-state index in [1.54, 1.807) is 6.21 Å². The van der Waals surface area contributed by atoms with E-state index in [1.165, 1.54) is 18.3 Å². The molecule has 0 fully saturated rings. The van der Waals surface area contributed by atoms with Crippen molar-refractivity contribution in [1.29, 1.82) is 0 Å². The number of halogens is 2. The van der Waals surface area contributed by atoms with Crippen molar-refractivity contribution >= 4 is 56.2 Å². The molecule has 0 saturated carbocycles. The van der Waals surface area contributed by atoms with Gasteiger partial charge >= 0.3 is 0 Å². The van der Waals surface area contributed by atoms with Crippen molar-refractivity contribution in [3.63, 3.8) is 0 Å². The number of benzene rings is 2. The fourth-order valence-electron chi connectivity index (χ4n) is 2.25. The maximum Gasteiger partial charge on any atom is 0.287 e. The number of anilines is 1. The second-order valence-corrected chi connectivity index (χ2v) is 7.63. The lowest BCUT2D eigenvalue weighted by Crippen LogP contribution is -1.99. The normalized spacial score (nSPS) is 10.8. The van der Waals surface area contributed by atoms with Gasteiger partial charge in [-0.2, -0.15) is 5.10 Å². The molecule has 0 aliphatic carbocycles. The summed E-state index contributed by atoms with van der Waals surface area (Å²) in [7, 11) is 0. The fraction of sp³-hybridized carbons (Fsp3) is 0.0526. The zero-order chi connectivity index (χ0) is 19.9. The lowest BCUT2D eigenvalue weighted by atomic mass is 10.2. The van der Waals surface area contributed by atoms with Gasteiger partial charge < -0.3 is 4.74 Å². The van der Waals surface area contributed by atoms with Crippen LogP contribution >= 0.6 is 38.5 Å². The summed E-state index contributed by atoms with van der Waals surface area (Å²) in [4.78, 5) is 14.1. The third-order valence-electron chi connectivity index (χ3n) is 3.60. The van der Waals surface area contributed by atoms with Crippen molar-refractivity contribution in [2.75, 3.05) is 5.43 Å². The average Bonchev–Trinajstić information content (AvgIpc) is 2.68. The van der Waals surface area contributed by atoms with Gasteiger partial charge in [-0.3, -0.25) is 15.5 Å². The molecule has 7 nitrogen and oxygen atoms in total. The molecule has 3 rings (SSSR count). The largest absolute Gasteiger partial charge is 0.487 e. The smallest absolute Gasteiger partial charge is 0.287 e. The molecule has 0 spiro atoms. The third kappa shape index (κ3) is 5.49. The van der Waals surface area contributed by atoms with Crippen molar-refractivity contribution in [3.05, 3.63) is 90.1 Å². The lowest BCUT2D eigenvalue weighted by molar-refractivity contribution is -0.385. The van der Waals surface area contributed by atoms with E-state index >= 15 is 0 Å². The number of nitrogens with one attached hydrogen (secondary N) is 1. The van der Waals surface area contributed by atoms with Gasteiger partial charge in [0.25, 0.3) is 5.69 Å². The minimum absolute atomic E-state index is 0.0703. The topological polar surface area (TPSA) is 89.7 Å². The Kier molecular flexibility index (Phi) is 6.93. The van der Waals surface area contributed by atoms with Gasteiger partial charge in [0.15, 0.2) is 0 Å². The molecule has 1 heterocycles. The fourth-order valence-corrected chi connectivity index (χ4v) is 4.02. The first-order valence-corrected chi connectivity index (χ1v) is 9.95. The molecule has 28 heavy (non-hydrogen) atoms. The van der Waals surface area contributed by atoms with E-state index in [0.717, 1.165) is 24.9 Å². The predicted molar refractivity (Wildman–Crippen MR) is 120 cm³/mol. The molecule has 0 amide bonds. The minimum Gasteiger partial charge on any atom is -0.487 e. The quantitative estimate of drug-likeness (QED) is 0.184. The van der Waals surface area contributed by atoms with Crippen molar-refractivity contribution in [1.82, 2.24) is 4.98 Å². The number of ether oxygens (including phenoxy) is 1. The molecule has 0 saturated heterocycles. The van der Waals surface area contributed by atoms with Crippen molar-refractivity contribution in [2.24, 2.45) is 5.10 Å². The molecule has 0 atom stereocenters. The number of rotatable bonds is 7. The van der Waals surface area contributed by atoms with Gasteiger partial charge in [-0.05, 0) is 67.8 Å². The first kappa shape index (κ1) is 20.2. The van der Waals surface area contributed by atoms with E-state index in [1.807, 2.05) is 42.5 Å². The Bertz CT molecular complexity index is 975.